The third-order valence-corrected chi connectivity index (χ3v) is 6.17. The van der Waals surface area contributed by atoms with Crippen LogP contribution >= 0.6 is 0 Å². The second-order valence-electron chi connectivity index (χ2n) is 8.82. The molecule has 0 atom stereocenters. The Bertz CT molecular complexity index is 1860. The lowest BCUT2D eigenvalue weighted by molar-refractivity contribution is -0.394. The van der Waals surface area contributed by atoms with Crippen LogP contribution in [0.4, 0.5) is 11.4 Å². The van der Waals surface area contributed by atoms with Gasteiger partial charge < -0.3 is 9.47 Å². The zero-order chi connectivity index (χ0) is 29.6. The number of benzene rings is 4. The summed E-state index contributed by atoms with van der Waals surface area (Å²) in [5.41, 5.74) is 4.66. The third-order valence-electron chi connectivity index (χ3n) is 6.17. The summed E-state index contributed by atoms with van der Waals surface area (Å²) in [5.74, 6) is -0.283. The molecule has 5 rings (SSSR count). The first-order valence-corrected chi connectivity index (χ1v) is 12.4. The highest BCUT2D eigenvalue weighted by atomic mass is 16.6. The number of fused-ring (bicyclic) bond motifs is 1. The molecule has 0 saturated carbocycles. The lowest BCUT2D eigenvalue weighted by Crippen LogP contribution is -2.18. The van der Waals surface area contributed by atoms with E-state index in [0.29, 0.717) is 27.7 Å². The highest BCUT2D eigenvalue weighted by molar-refractivity contribution is 6.07. The molecule has 1 amide bonds. The van der Waals surface area contributed by atoms with E-state index < -0.39 is 27.1 Å². The van der Waals surface area contributed by atoms with Crippen molar-refractivity contribution in [2.24, 2.45) is 5.10 Å². The number of hydrogen-bond acceptors (Lipinski definition) is 9. The van der Waals surface area contributed by atoms with E-state index in [9.17, 15) is 25.0 Å². The predicted octanol–water partition coefficient (Wildman–Crippen LogP) is 6.28. The number of nitro benzene ring substituents is 2. The predicted molar refractivity (Wildman–Crippen MR) is 155 cm³/mol. The van der Waals surface area contributed by atoms with Crippen LogP contribution < -0.4 is 14.9 Å². The molecule has 0 unspecified atom stereocenters. The summed E-state index contributed by atoms with van der Waals surface area (Å²) in [4.78, 5) is 38.8. The molecule has 0 aliphatic rings. The van der Waals surface area contributed by atoms with E-state index in [1.165, 1.54) is 19.4 Å². The Hall–Kier alpha value is -6.17. The summed E-state index contributed by atoms with van der Waals surface area (Å²) in [6, 6.07) is 26.3. The Balaban J connectivity index is 1.36. The van der Waals surface area contributed by atoms with E-state index >= 15 is 0 Å². The number of nitro groups is 2. The number of rotatable bonds is 9. The fraction of sp³-hybridized carbons (Fsp3) is 0.0333. The zero-order valence-electron chi connectivity index (χ0n) is 22.0. The zero-order valence-corrected chi connectivity index (χ0v) is 22.0. The summed E-state index contributed by atoms with van der Waals surface area (Å²) < 4.78 is 11.0. The molecular weight excluding hydrogens is 542 g/mol. The molecule has 42 heavy (non-hydrogen) atoms. The van der Waals surface area contributed by atoms with Gasteiger partial charge in [-0.1, -0.05) is 48.5 Å². The number of carbonyl (C=O) groups excluding carboxylic acids is 1. The molecule has 0 radical (unpaired) electrons. The summed E-state index contributed by atoms with van der Waals surface area (Å²) in [6.07, 6.45) is 1.40. The number of non-ortho nitro benzene ring substituents is 1. The van der Waals surface area contributed by atoms with Gasteiger partial charge in [0, 0.05) is 17.0 Å². The molecule has 0 aliphatic heterocycles. The van der Waals surface area contributed by atoms with Gasteiger partial charge >= 0.3 is 5.69 Å². The maximum Gasteiger partial charge on any atom is 0.318 e. The van der Waals surface area contributed by atoms with Crippen LogP contribution in [0.1, 0.15) is 15.9 Å². The van der Waals surface area contributed by atoms with Gasteiger partial charge in [0.1, 0.15) is 0 Å². The van der Waals surface area contributed by atoms with E-state index in [-0.39, 0.29) is 17.2 Å². The van der Waals surface area contributed by atoms with Gasteiger partial charge in [0.05, 0.1) is 46.0 Å². The molecule has 12 nitrogen and oxygen atoms in total. The van der Waals surface area contributed by atoms with Crippen molar-refractivity contribution in [3.8, 4) is 28.5 Å². The van der Waals surface area contributed by atoms with Gasteiger partial charge in [0.2, 0.25) is 5.75 Å². The van der Waals surface area contributed by atoms with Gasteiger partial charge in [0.15, 0.2) is 11.5 Å². The normalized spacial score (nSPS) is 10.9. The van der Waals surface area contributed by atoms with Crippen molar-refractivity contribution in [3.05, 3.63) is 128 Å². The highest BCUT2D eigenvalue weighted by Crippen LogP contribution is 2.38. The number of amides is 1. The van der Waals surface area contributed by atoms with Crippen LogP contribution in [0.3, 0.4) is 0 Å². The first-order chi connectivity index (χ1) is 20.3. The van der Waals surface area contributed by atoms with Crippen LogP contribution in [0, 0.1) is 20.2 Å². The summed E-state index contributed by atoms with van der Waals surface area (Å²) in [5, 5.41) is 27.2. The minimum atomic E-state index is -0.771. The second kappa shape index (κ2) is 11.9. The number of nitrogens with one attached hydrogen (secondary N) is 1. The Morgan fingerprint density at radius 3 is 2.33 bits per heavy atom. The molecular formula is C30H21N5O7. The smallest absolute Gasteiger partial charge is 0.318 e. The Labute approximate surface area is 238 Å². The van der Waals surface area contributed by atoms with Crippen LogP contribution in [0.25, 0.3) is 22.2 Å². The van der Waals surface area contributed by atoms with E-state index in [1.54, 1.807) is 18.2 Å². The molecule has 1 heterocycles. The van der Waals surface area contributed by atoms with Crippen molar-refractivity contribution in [3.63, 3.8) is 0 Å². The molecule has 12 heteroatoms. The molecule has 208 valence electrons. The minimum Gasteiger partial charge on any atom is -0.493 e. The van der Waals surface area contributed by atoms with Crippen molar-refractivity contribution in [2.75, 3.05) is 7.11 Å². The van der Waals surface area contributed by atoms with Gasteiger partial charge in [-0.2, -0.15) is 5.10 Å². The van der Waals surface area contributed by atoms with Gasteiger partial charge in [0.25, 0.3) is 11.6 Å². The average molecular weight is 564 g/mol. The number of ether oxygens (including phenoxy) is 2. The maximum absolute atomic E-state index is 13.2. The third kappa shape index (κ3) is 5.87. The summed E-state index contributed by atoms with van der Waals surface area (Å²) in [7, 11) is 1.38. The monoisotopic (exact) mass is 563 g/mol. The molecule has 1 aromatic heterocycles. The molecule has 0 aliphatic carbocycles. The fourth-order valence-corrected chi connectivity index (χ4v) is 4.16. The van der Waals surface area contributed by atoms with Crippen molar-refractivity contribution in [2.45, 2.75) is 0 Å². The summed E-state index contributed by atoms with van der Waals surface area (Å²) >= 11 is 0. The van der Waals surface area contributed by atoms with Crippen LogP contribution in [-0.4, -0.2) is 34.1 Å². The number of carbonyl (C=O) groups is 1. The Kier molecular flexibility index (Phi) is 7.78. The molecule has 1 N–H and O–H groups in total. The first-order valence-electron chi connectivity index (χ1n) is 12.4. The van der Waals surface area contributed by atoms with Crippen molar-refractivity contribution in [1.82, 2.24) is 10.4 Å². The lowest BCUT2D eigenvalue weighted by atomic mass is 10.0. The van der Waals surface area contributed by atoms with Crippen LogP contribution in [0.15, 0.2) is 102 Å². The molecule has 0 fully saturated rings. The van der Waals surface area contributed by atoms with E-state index in [1.807, 2.05) is 54.6 Å². The summed E-state index contributed by atoms with van der Waals surface area (Å²) in [6.45, 7) is 0. The van der Waals surface area contributed by atoms with Gasteiger partial charge in [-0.3, -0.25) is 25.0 Å². The fourth-order valence-electron chi connectivity index (χ4n) is 4.16. The molecule has 0 bridgehead atoms. The van der Waals surface area contributed by atoms with Crippen LogP contribution in [0.5, 0.6) is 17.2 Å². The van der Waals surface area contributed by atoms with E-state index in [4.69, 9.17) is 9.47 Å². The van der Waals surface area contributed by atoms with Crippen molar-refractivity contribution < 1.29 is 24.1 Å². The quantitative estimate of drug-likeness (QED) is 0.125. The first kappa shape index (κ1) is 27.4. The number of pyridine rings is 1. The largest absolute Gasteiger partial charge is 0.493 e. The molecule has 5 aromatic rings. The second-order valence-corrected chi connectivity index (χ2v) is 8.82. The standard InChI is InChI=1S/C30H21N5O7/c1-41-29-15-19(11-13-28(29)42-27-14-12-21(34(37)38)16-26(27)35(39)40)18-31-33-30(36)23-17-25(20-7-3-2-4-8-20)32-24-10-6-5-9-22(23)24/h2-18H,1H3,(H,33,36)/b31-18+. The number of aromatic nitrogens is 1. The number of nitrogens with zero attached hydrogens (tertiary/aromatic N) is 4. The molecule has 0 saturated heterocycles. The average Bonchev–Trinajstić information content (AvgIpc) is 3.01. The highest BCUT2D eigenvalue weighted by Gasteiger charge is 2.22. The van der Waals surface area contributed by atoms with Crippen molar-refractivity contribution in [1.29, 1.82) is 0 Å². The number of hydrogen-bond donors (Lipinski definition) is 1. The molecule has 0 spiro atoms. The lowest BCUT2D eigenvalue weighted by Gasteiger charge is -2.11. The number of methoxy groups -OCH3 is 1. The number of hydrazone groups is 1. The SMILES string of the molecule is COc1cc(/C=N/NC(=O)c2cc(-c3ccccc3)nc3ccccc23)ccc1Oc1ccc([N+](=O)[O-])cc1[N+](=O)[O-]. The van der Waals surface area contributed by atoms with E-state index in [2.05, 4.69) is 15.5 Å². The van der Waals surface area contributed by atoms with Gasteiger partial charge in [-0.05, 0) is 42.0 Å². The van der Waals surface area contributed by atoms with Crippen LogP contribution in [-0.2, 0) is 0 Å². The number of para-hydroxylation sites is 1. The Morgan fingerprint density at radius 2 is 1.60 bits per heavy atom. The van der Waals surface area contributed by atoms with Crippen LogP contribution in [0.2, 0.25) is 0 Å². The topological polar surface area (TPSA) is 159 Å². The Morgan fingerprint density at radius 1 is 0.857 bits per heavy atom. The maximum atomic E-state index is 13.2. The van der Waals surface area contributed by atoms with Gasteiger partial charge in [-0.25, -0.2) is 10.4 Å². The molecule has 4 aromatic carbocycles. The van der Waals surface area contributed by atoms with E-state index in [0.717, 1.165) is 23.8 Å². The minimum absolute atomic E-state index is 0.132. The van der Waals surface area contributed by atoms with Crippen molar-refractivity contribution >= 4 is 34.4 Å². The van der Waals surface area contributed by atoms with Gasteiger partial charge in [-0.15, -0.1) is 0 Å².